The van der Waals surface area contributed by atoms with Crippen LogP contribution in [0.2, 0.25) is 0 Å². The molecular weight excluding hydrogens is 613 g/mol. The first-order chi connectivity index (χ1) is 22.2. The molecule has 0 saturated carbocycles. The third-order valence-electron chi connectivity index (χ3n) is 7.71. The van der Waals surface area contributed by atoms with Crippen molar-refractivity contribution in [3.63, 3.8) is 0 Å². The zero-order valence-electron chi connectivity index (χ0n) is 26.5. The first kappa shape index (κ1) is 31.8. The number of hydrogen-bond donors (Lipinski definition) is 0. The second-order valence-electron chi connectivity index (χ2n) is 12.5. The van der Waals surface area contributed by atoms with Gasteiger partial charge in [-0.3, -0.25) is 4.79 Å². The zero-order valence-corrected chi connectivity index (χ0v) is 26.5. The number of fused-ring (bicyclic) bond motifs is 2. The van der Waals surface area contributed by atoms with Gasteiger partial charge in [-0.15, -0.1) is 0 Å². The summed E-state index contributed by atoms with van der Waals surface area (Å²) in [5.74, 6) is -0.517. The van der Waals surface area contributed by atoms with E-state index in [0.717, 1.165) is 5.69 Å². The minimum Gasteiger partial charge on any atom is -0.484 e. The van der Waals surface area contributed by atoms with Crippen LogP contribution in [-0.4, -0.2) is 48.9 Å². The average molecular weight is 647 g/mol. The zero-order chi connectivity index (χ0) is 33.7. The van der Waals surface area contributed by atoms with Gasteiger partial charge in [0.1, 0.15) is 17.5 Å². The van der Waals surface area contributed by atoms with E-state index in [1.165, 1.54) is 15.6 Å². The van der Waals surface area contributed by atoms with Gasteiger partial charge in [0, 0.05) is 24.2 Å². The number of benzene rings is 2. The molecule has 0 unspecified atom stereocenters. The summed E-state index contributed by atoms with van der Waals surface area (Å²) < 4.78 is 57.3. The molecule has 13 heteroatoms. The topological polar surface area (TPSA) is 104 Å². The van der Waals surface area contributed by atoms with Gasteiger partial charge in [0.25, 0.3) is 5.91 Å². The van der Waals surface area contributed by atoms with Crippen LogP contribution in [0, 0.1) is 6.92 Å². The highest BCUT2D eigenvalue weighted by atomic mass is 19.4. The highest BCUT2D eigenvalue weighted by Gasteiger charge is 2.42. The summed E-state index contributed by atoms with van der Waals surface area (Å²) in [6, 6.07) is 14.4. The highest BCUT2D eigenvalue weighted by molar-refractivity contribution is 6.06. The predicted molar refractivity (Wildman–Crippen MR) is 167 cm³/mol. The van der Waals surface area contributed by atoms with Gasteiger partial charge in [0.2, 0.25) is 0 Å². The molecule has 47 heavy (non-hydrogen) atoms. The Morgan fingerprint density at radius 3 is 2.45 bits per heavy atom. The molecule has 0 fully saturated rings. The SMILES string of the molecule is Cc1cc2ncc(N(C)C(=O)c3cccc(-n4nc(C(F)(F)F)c5c4[C@@H](Oc4ccc(C(=O)OC(C)(C)C)cc4)CCC5)c3)cn2n1. The number of halogens is 3. The fourth-order valence-electron chi connectivity index (χ4n) is 5.59. The van der Waals surface area contributed by atoms with Gasteiger partial charge in [-0.1, -0.05) is 6.07 Å². The molecule has 0 aliphatic heterocycles. The summed E-state index contributed by atoms with van der Waals surface area (Å²) in [5.41, 5.74) is 1.41. The van der Waals surface area contributed by atoms with E-state index >= 15 is 0 Å². The Labute approximate surface area is 268 Å². The van der Waals surface area contributed by atoms with Crippen molar-refractivity contribution in [2.75, 3.05) is 11.9 Å². The molecule has 1 aliphatic carbocycles. The standard InChI is InChI=1S/C34H33F3N6O4/c1-20-16-28-38-18-24(19-42(28)39-20)41(5)31(44)22-8-6-9-23(17-22)43-29-26(30(40-43)34(35,36)37)10-7-11-27(29)46-25-14-12-21(13-15-25)32(45)47-33(2,3)4/h6,8-9,12-19,27H,7,10-11H2,1-5H3/t27-/m0/s1. The minimum absolute atomic E-state index is 0.0573. The summed E-state index contributed by atoms with van der Waals surface area (Å²) in [7, 11) is 1.59. The van der Waals surface area contributed by atoms with Crippen molar-refractivity contribution >= 4 is 23.2 Å². The third-order valence-corrected chi connectivity index (χ3v) is 7.71. The number of carbonyl (C=O) groups excluding carboxylic acids is 2. The smallest absolute Gasteiger partial charge is 0.435 e. The molecule has 0 N–H and O–H groups in total. The van der Waals surface area contributed by atoms with Gasteiger partial charge in [0.05, 0.1) is 40.7 Å². The number of nitrogens with zero attached hydrogens (tertiary/aromatic N) is 6. The second-order valence-corrected chi connectivity index (χ2v) is 12.5. The molecule has 2 aromatic carbocycles. The van der Waals surface area contributed by atoms with Gasteiger partial charge in [-0.05, 0) is 89.4 Å². The van der Waals surface area contributed by atoms with Crippen molar-refractivity contribution in [3.8, 4) is 11.4 Å². The van der Waals surface area contributed by atoms with E-state index in [1.54, 1.807) is 87.2 Å². The van der Waals surface area contributed by atoms with Crippen LogP contribution < -0.4 is 9.64 Å². The largest absolute Gasteiger partial charge is 0.484 e. The summed E-state index contributed by atoms with van der Waals surface area (Å²) in [5, 5.41) is 8.39. The number of carbonyl (C=O) groups is 2. The maximum atomic E-state index is 14.3. The summed E-state index contributed by atoms with van der Waals surface area (Å²) >= 11 is 0. The van der Waals surface area contributed by atoms with Crippen LogP contribution >= 0.6 is 0 Å². The Bertz CT molecular complexity index is 1970. The van der Waals surface area contributed by atoms with Crippen molar-refractivity contribution in [2.45, 2.75) is 64.8 Å². The summed E-state index contributed by atoms with van der Waals surface area (Å²) in [4.78, 5) is 31.8. The lowest BCUT2D eigenvalue weighted by Gasteiger charge is -2.26. The van der Waals surface area contributed by atoms with E-state index in [0.29, 0.717) is 35.5 Å². The number of anilines is 1. The summed E-state index contributed by atoms with van der Waals surface area (Å²) in [6.07, 6.45) is -1.17. The lowest BCUT2D eigenvalue weighted by Crippen LogP contribution is -2.27. The number of aromatic nitrogens is 5. The number of amides is 1. The van der Waals surface area contributed by atoms with E-state index in [4.69, 9.17) is 9.47 Å². The maximum absolute atomic E-state index is 14.3. The molecule has 3 aromatic heterocycles. The molecule has 10 nitrogen and oxygen atoms in total. The van der Waals surface area contributed by atoms with Crippen molar-refractivity contribution < 1.29 is 32.2 Å². The van der Waals surface area contributed by atoms with Crippen molar-refractivity contribution in [1.82, 2.24) is 24.4 Å². The molecule has 1 aliphatic rings. The molecular formula is C34H33F3N6O4. The van der Waals surface area contributed by atoms with Crippen LogP contribution in [0.3, 0.4) is 0 Å². The van der Waals surface area contributed by atoms with Crippen molar-refractivity contribution in [2.24, 2.45) is 0 Å². The lowest BCUT2D eigenvalue weighted by molar-refractivity contribution is -0.142. The van der Waals surface area contributed by atoms with Crippen LogP contribution in [0.15, 0.2) is 67.0 Å². The molecule has 5 aromatic rings. The number of hydrogen-bond acceptors (Lipinski definition) is 7. The molecule has 244 valence electrons. The quantitative estimate of drug-likeness (QED) is 0.184. The number of esters is 1. The van der Waals surface area contributed by atoms with Gasteiger partial charge >= 0.3 is 12.1 Å². The number of rotatable bonds is 6. The van der Waals surface area contributed by atoms with E-state index < -0.39 is 35.5 Å². The molecule has 1 amide bonds. The van der Waals surface area contributed by atoms with E-state index in [1.807, 2.05) is 13.0 Å². The van der Waals surface area contributed by atoms with E-state index in [9.17, 15) is 22.8 Å². The number of aryl methyl sites for hydroxylation is 1. The van der Waals surface area contributed by atoms with Crippen molar-refractivity contribution in [3.05, 3.63) is 101 Å². The molecule has 0 spiro atoms. The number of ether oxygens (including phenoxy) is 2. The van der Waals surface area contributed by atoms with Crippen LogP contribution in [0.25, 0.3) is 11.3 Å². The minimum atomic E-state index is -4.70. The molecule has 3 heterocycles. The normalized spacial score (nSPS) is 14.9. The van der Waals surface area contributed by atoms with Crippen LogP contribution in [0.1, 0.15) is 83.1 Å². The molecule has 1 atom stereocenters. The number of alkyl halides is 3. The third kappa shape index (κ3) is 6.56. The van der Waals surface area contributed by atoms with Gasteiger partial charge in [-0.25, -0.2) is 19.0 Å². The highest BCUT2D eigenvalue weighted by Crippen LogP contribution is 2.42. The van der Waals surface area contributed by atoms with Gasteiger partial charge in [-0.2, -0.15) is 23.4 Å². The molecule has 0 radical (unpaired) electrons. The van der Waals surface area contributed by atoms with Crippen LogP contribution in [0.5, 0.6) is 5.75 Å². The van der Waals surface area contributed by atoms with Crippen molar-refractivity contribution in [1.29, 1.82) is 0 Å². The average Bonchev–Trinajstić information content (AvgIpc) is 3.60. The lowest BCUT2D eigenvalue weighted by atomic mass is 9.92. The maximum Gasteiger partial charge on any atom is 0.435 e. The molecule has 0 bridgehead atoms. The molecule has 6 rings (SSSR count). The fourth-order valence-corrected chi connectivity index (χ4v) is 5.59. The van der Waals surface area contributed by atoms with Gasteiger partial charge < -0.3 is 14.4 Å². The predicted octanol–water partition coefficient (Wildman–Crippen LogP) is 6.93. The fraction of sp³-hybridized carbons (Fsp3) is 0.324. The Morgan fingerprint density at radius 2 is 1.74 bits per heavy atom. The van der Waals surface area contributed by atoms with E-state index in [-0.39, 0.29) is 28.9 Å². The second kappa shape index (κ2) is 11.9. The Balaban J connectivity index is 1.32. The Morgan fingerprint density at radius 1 is 1.00 bits per heavy atom. The van der Waals surface area contributed by atoms with E-state index in [2.05, 4.69) is 15.2 Å². The monoisotopic (exact) mass is 646 g/mol. The van der Waals surface area contributed by atoms with Gasteiger partial charge in [0.15, 0.2) is 11.3 Å². The first-order valence-corrected chi connectivity index (χ1v) is 15.1. The Hall–Kier alpha value is -5.20. The van der Waals surface area contributed by atoms with Crippen LogP contribution in [-0.2, 0) is 17.3 Å². The summed E-state index contributed by atoms with van der Waals surface area (Å²) in [6.45, 7) is 7.15. The molecule has 0 saturated heterocycles. The first-order valence-electron chi connectivity index (χ1n) is 15.1. The Kier molecular flexibility index (Phi) is 8.02. The van der Waals surface area contributed by atoms with Crippen LogP contribution in [0.4, 0.5) is 18.9 Å².